The van der Waals surface area contributed by atoms with Gasteiger partial charge >= 0.3 is 0 Å². The zero-order chi connectivity index (χ0) is 17.4. The standard InChI is InChI=1S/C20H20N2O2S/c21-13-18-7-3-4-8-19(18)25(23,24)22-20-16-9-10-17(20)12-15-6-2-1-5-14(15)11-16/h1-8,16-17,20,22H,9-12H2. The van der Waals surface area contributed by atoms with Crippen molar-refractivity contribution in [3.05, 3.63) is 65.2 Å². The Kier molecular flexibility index (Phi) is 4.10. The second kappa shape index (κ2) is 6.29. The number of rotatable bonds is 3. The van der Waals surface area contributed by atoms with Crippen LogP contribution in [-0.2, 0) is 22.9 Å². The van der Waals surface area contributed by atoms with E-state index in [0.29, 0.717) is 11.8 Å². The molecule has 2 aliphatic rings. The van der Waals surface area contributed by atoms with Crippen LogP contribution in [0.1, 0.15) is 29.5 Å². The molecular formula is C20H20N2O2S. The van der Waals surface area contributed by atoms with Crippen LogP contribution in [-0.4, -0.2) is 14.5 Å². The van der Waals surface area contributed by atoms with Crippen LogP contribution in [0, 0.1) is 23.2 Å². The Balaban J connectivity index is 1.64. The third-order valence-electron chi connectivity index (χ3n) is 5.59. The summed E-state index contributed by atoms with van der Waals surface area (Å²) in [5, 5.41) is 9.23. The lowest BCUT2D eigenvalue weighted by atomic mass is 9.94. The molecule has 1 N–H and O–H groups in total. The average Bonchev–Trinajstić information content (AvgIpc) is 2.88. The van der Waals surface area contributed by atoms with Crippen LogP contribution < -0.4 is 4.72 Å². The summed E-state index contributed by atoms with van der Waals surface area (Å²) in [6.07, 6.45) is 3.93. The lowest BCUT2D eigenvalue weighted by Crippen LogP contribution is -2.42. The predicted molar refractivity (Wildman–Crippen MR) is 95.3 cm³/mol. The summed E-state index contributed by atoms with van der Waals surface area (Å²) >= 11 is 0. The monoisotopic (exact) mass is 352 g/mol. The summed E-state index contributed by atoms with van der Waals surface area (Å²) in [5.74, 6) is 0.635. The SMILES string of the molecule is N#Cc1ccccc1S(=O)(=O)NC1C2CCC1Cc1ccccc1C2. The average molecular weight is 352 g/mol. The molecule has 0 spiro atoms. The maximum absolute atomic E-state index is 12.9. The molecule has 1 fully saturated rings. The first-order valence-electron chi connectivity index (χ1n) is 8.67. The number of hydrogen-bond donors (Lipinski definition) is 1. The first-order chi connectivity index (χ1) is 12.1. The lowest BCUT2D eigenvalue weighted by molar-refractivity contribution is 0.386. The number of sulfonamides is 1. The first-order valence-corrected chi connectivity index (χ1v) is 10.1. The van der Waals surface area contributed by atoms with Crippen LogP contribution in [0.2, 0.25) is 0 Å². The molecule has 2 bridgehead atoms. The minimum atomic E-state index is -3.70. The quantitative estimate of drug-likeness (QED) is 0.923. The predicted octanol–water partition coefficient (Wildman–Crippen LogP) is 3.03. The number of nitriles is 1. The minimum Gasteiger partial charge on any atom is -0.207 e. The smallest absolute Gasteiger partial charge is 0.207 e. The second-order valence-corrected chi connectivity index (χ2v) is 8.71. The number of fused-ring (bicyclic) bond motifs is 3. The Morgan fingerprint density at radius 2 is 1.48 bits per heavy atom. The Labute approximate surface area is 148 Å². The van der Waals surface area contributed by atoms with E-state index in [1.807, 2.05) is 6.07 Å². The molecule has 0 aliphatic heterocycles. The fourth-order valence-electron chi connectivity index (χ4n) is 4.38. The van der Waals surface area contributed by atoms with Crippen molar-refractivity contribution in [2.75, 3.05) is 0 Å². The van der Waals surface area contributed by atoms with Crippen molar-refractivity contribution in [3.63, 3.8) is 0 Å². The molecule has 0 saturated heterocycles. The molecule has 2 aromatic carbocycles. The van der Waals surface area contributed by atoms with E-state index in [1.165, 1.54) is 17.2 Å². The van der Waals surface area contributed by atoms with Crippen molar-refractivity contribution in [1.29, 1.82) is 5.26 Å². The third kappa shape index (κ3) is 2.97. The van der Waals surface area contributed by atoms with E-state index in [0.717, 1.165) is 25.7 Å². The molecule has 25 heavy (non-hydrogen) atoms. The zero-order valence-corrected chi connectivity index (χ0v) is 14.7. The highest BCUT2D eigenvalue weighted by atomic mass is 32.2. The topological polar surface area (TPSA) is 70.0 Å². The minimum absolute atomic E-state index is 0.0656. The van der Waals surface area contributed by atoms with E-state index < -0.39 is 10.0 Å². The lowest BCUT2D eigenvalue weighted by Gasteiger charge is -2.23. The molecule has 0 heterocycles. The van der Waals surface area contributed by atoms with E-state index in [-0.39, 0.29) is 16.5 Å². The van der Waals surface area contributed by atoms with Gasteiger partial charge in [0.05, 0.1) is 10.5 Å². The fraction of sp³-hybridized carbons (Fsp3) is 0.350. The van der Waals surface area contributed by atoms with Crippen LogP contribution in [0.4, 0.5) is 0 Å². The molecule has 2 aliphatic carbocycles. The van der Waals surface area contributed by atoms with Crippen molar-refractivity contribution < 1.29 is 8.42 Å². The molecule has 1 saturated carbocycles. The van der Waals surface area contributed by atoms with E-state index in [1.54, 1.807) is 18.2 Å². The Hall–Kier alpha value is -2.16. The van der Waals surface area contributed by atoms with Gasteiger partial charge in [-0.25, -0.2) is 13.1 Å². The van der Waals surface area contributed by atoms with Gasteiger partial charge in [-0.1, -0.05) is 36.4 Å². The van der Waals surface area contributed by atoms with Gasteiger partial charge < -0.3 is 0 Å². The maximum Gasteiger partial charge on any atom is 0.242 e. The molecule has 2 atom stereocenters. The maximum atomic E-state index is 12.9. The van der Waals surface area contributed by atoms with Gasteiger partial charge in [0.25, 0.3) is 0 Å². The molecule has 0 radical (unpaired) electrons. The van der Waals surface area contributed by atoms with Crippen LogP contribution in [0.3, 0.4) is 0 Å². The highest BCUT2D eigenvalue weighted by Gasteiger charge is 2.41. The summed E-state index contributed by atoms with van der Waals surface area (Å²) in [6.45, 7) is 0. The summed E-state index contributed by atoms with van der Waals surface area (Å²) in [7, 11) is -3.70. The molecular weight excluding hydrogens is 332 g/mol. The van der Waals surface area contributed by atoms with E-state index in [9.17, 15) is 13.7 Å². The zero-order valence-electron chi connectivity index (χ0n) is 13.9. The number of hydrogen-bond acceptors (Lipinski definition) is 3. The molecule has 128 valence electrons. The molecule has 0 aromatic heterocycles. The number of nitrogens with one attached hydrogen (secondary N) is 1. The highest BCUT2D eigenvalue weighted by molar-refractivity contribution is 7.89. The van der Waals surface area contributed by atoms with Gasteiger partial charge in [-0.05, 0) is 60.8 Å². The van der Waals surface area contributed by atoms with E-state index in [2.05, 4.69) is 29.0 Å². The fourth-order valence-corrected chi connectivity index (χ4v) is 5.91. The van der Waals surface area contributed by atoms with Crippen LogP contribution in [0.5, 0.6) is 0 Å². The molecule has 2 unspecified atom stereocenters. The van der Waals surface area contributed by atoms with Crippen LogP contribution >= 0.6 is 0 Å². The van der Waals surface area contributed by atoms with Gasteiger partial charge in [0.15, 0.2) is 0 Å². The van der Waals surface area contributed by atoms with Crippen molar-refractivity contribution >= 4 is 10.0 Å². The highest BCUT2D eigenvalue weighted by Crippen LogP contribution is 2.40. The normalized spacial score (nSPS) is 25.0. The van der Waals surface area contributed by atoms with Crippen LogP contribution in [0.25, 0.3) is 0 Å². The van der Waals surface area contributed by atoms with Gasteiger partial charge in [-0.2, -0.15) is 5.26 Å². The third-order valence-corrected chi connectivity index (χ3v) is 7.11. The molecule has 2 aromatic rings. The molecule has 0 amide bonds. The van der Waals surface area contributed by atoms with Gasteiger partial charge in [0.2, 0.25) is 10.0 Å². The van der Waals surface area contributed by atoms with Gasteiger partial charge in [-0.3, -0.25) is 0 Å². The van der Waals surface area contributed by atoms with E-state index >= 15 is 0 Å². The van der Waals surface area contributed by atoms with Crippen molar-refractivity contribution in [3.8, 4) is 6.07 Å². The first kappa shape index (κ1) is 16.3. The molecule has 4 rings (SSSR count). The number of benzene rings is 2. The summed E-state index contributed by atoms with van der Waals surface area (Å²) in [5.41, 5.74) is 2.88. The Bertz CT molecular complexity index is 913. The van der Waals surface area contributed by atoms with Gasteiger partial charge in [0, 0.05) is 6.04 Å². The van der Waals surface area contributed by atoms with Crippen molar-refractivity contribution in [2.24, 2.45) is 11.8 Å². The number of nitrogens with zero attached hydrogens (tertiary/aromatic N) is 1. The summed E-state index contributed by atoms with van der Waals surface area (Å²) in [4.78, 5) is 0.0821. The summed E-state index contributed by atoms with van der Waals surface area (Å²) < 4.78 is 28.8. The molecule has 4 nitrogen and oxygen atoms in total. The Morgan fingerprint density at radius 3 is 2.08 bits per heavy atom. The second-order valence-electron chi connectivity index (χ2n) is 7.03. The van der Waals surface area contributed by atoms with Crippen molar-refractivity contribution in [1.82, 2.24) is 4.72 Å². The molecule has 5 heteroatoms. The van der Waals surface area contributed by atoms with E-state index in [4.69, 9.17) is 0 Å². The van der Waals surface area contributed by atoms with Crippen molar-refractivity contribution in [2.45, 2.75) is 36.6 Å². The summed E-state index contributed by atoms with van der Waals surface area (Å²) in [6, 6.07) is 16.7. The largest absolute Gasteiger partial charge is 0.242 e. The van der Waals surface area contributed by atoms with Gasteiger partial charge in [0.1, 0.15) is 6.07 Å². The van der Waals surface area contributed by atoms with Crippen LogP contribution in [0.15, 0.2) is 53.4 Å². The Morgan fingerprint density at radius 1 is 0.920 bits per heavy atom. The van der Waals surface area contributed by atoms with Gasteiger partial charge in [-0.15, -0.1) is 0 Å².